The molecule has 120 valence electrons. The molecular weight excluding hydrogens is 356 g/mol. The first kappa shape index (κ1) is 17.2. The quantitative estimate of drug-likeness (QED) is 0.841. The van der Waals surface area contributed by atoms with E-state index in [0.717, 1.165) is 21.2 Å². The van der Waals surface area contributed by atoms with Crippen molar-refractivity contribution in [2.24, 2.45) is 0 Å². The lowest BCUT2D eigenvalue weighted by molar-refractivity contribution is -0.116. The van der Waals surface area contributed by atoms with E-state index in [4.69, 9.17) is 0 Å². The second-order valence-electron chi connectivity index (χ2n) is 5.53. The molecule has 0 aliphatic heterocycles. The Morgan fingerprint density at radius 2 is 1.74 bits per heavy atom. The van der Waals surface area contributed by atoms with Gasteiger partial charge in [-0.05, 0) is 43.2 Å². The molecule has 0 aliphatic rings. The molecule has 0 bridgehead atoms. The molecule has 0 fully saturated rings. The molecular formula is C18H19BrN2O2. The van der Waals surface area contributed by atoms with Crippen LogP contribution in [0.2, 0.25) is 0 Å². The summed E-state index contributed by atoms with van der Waals surface area (Å²) < 4.78 is 0.827. The number of aryl methyl sites for hydroxylation is 2. The third-order valence-corrected chi connectivity index (χ3v) is 3.92. The SMILES string of the molecule is CC(=O)Nc1ccc(Br)cc1NC(=O)Cc1cc(C)ccc1C. The predicted molar refractivity (Wildman–Crippen MR) is 96.7 cm³/mol. The molecule has 5 heteroatoms. The van der Waals surface area contributed by atoms with Gasteiger partial charge in [0.15, 0.2) is 0 Å². The Morgan fingerprint density at radius 3 is 2.43 bits per heavy atom. The summed E-state index contributed by atoms with van der Waals surface area (Å²) in [7, 11) is 0. The van der Waals surface area contributed by atoms with Crippen molar-refractivity contribution < 1.29 is 9.59 Å². The van der Waals surface area contributed by atoms with Gasteiger partial charge in [0.2, 0.25) is 11.8 Å². The van der Waals surface area contributed by atoms with Crippen molar-refractivity contribution in [3.63, 3.8) is 0 Å². The second-order valence-corrected chi connectivity index (χ2v) is 6.44. The van der Waals surface area contributed by atoms with Gasteiger partial charge in [-0.15, -0.1) is 0 Å². The molecule has 0 saturated heterocycles. The molecule has 0 aromatic heterocycles. The Bertz CT molecular complexity index is 757. The van der Waals surface area contributed by atoms with E-state index in [1.54, 1.807) is 12.1 Å². The maximum Gasteiger partial charge on any atom is 0.228 e. The smallest absolute Gasteiger partial charge is 0.228 e. The molecule has 4 nitrogen and oxygen atoms in total. The van der Waals surface area contributed by atoms with Gasteiger partial charge < -0.3 is 10.6 Å². The number of rotatable bonds is 4. The van der Waals surface area contributed by atoms with Crippen LogP contribution >= 0.6 is 15.9 Å². The number of anilines is 2. The van der Waals surface area contributed by atoms with Gasteiger partial charge >= 0.3 is 0 Å². The average molecular weight is 375 g/mol. The third kappa shape index (κ3) is 4.93. The number of benzene rings is 2. The first-order valence-electron chi connectivity index (χ1n) is 7.28. The van der Waals surface area contributed by atoms with Crippen molar-refractivity contribution in [2.45, 2.75) is 27.2 Å². The van der Waals surface area contributed by atoms with Gasteiger partial charge in [0.25, 0.3) is 0 Å². The van der Waals surface area contributed by atoms with Crippen LogP contribution in [0.5, 0.6) is 0 Å². The van der Waals surface area contributed by atoms with Crippen LogP contribution in [0.15, 0.2) is 40.9 Å². The maximum atomic E-state index is 12.4. The molecule has 2 aromatic rings. The fourth-order valence-corrected chi connectivity index (χ4v) is 2.64. The maximum absolute atomic E-state index is 12.4. The molecule has 0 radical (unpaired) electrons. The van der Waals surface area contributed by atoms with Crippen molar-refractivity contribution in [3.05, 3.63) is 57.6 Å². The molecule has 0 aliphatic carbocycles. The van der Waals surface area contributed by atoms with Gasteiger partial charge in [0.1, 0.15) is 0 Å². The summed E-state index contributed by atoms with van der Waals surface area (Å²) >= 11 is 3.38. The minimum absolute atomic E-state index is 0.122. The molecule has 2 rings (SSSR count). The Balaban J connectivity index is 2.18. The highest BCUT2D eigenvalue weighted by molar-refractivity contribution is 9.10. The molecule has 0 atom stereocenters. The monoisotopic (exact) mass is 374 g/mol. The highest BCUT2D eigenvalue weighted by Crippen LogP contribution is 2.26. The van der Waals surface area contributed by atoms with Crippen molar-refractivity contribution in [1.29, 1.82) is 0 Å². The van der Waals surface area contributed by atoms with Crippen molar-refractivity contribution >= 4 is 39.1 Å². The highest BCUT2D eigenvalue weighted by atomic mass is 79.9. The van der Waals surface area contributed by atoms with Crippen LogP contribution in [0.4, 0.5) is 11.4 Å². The number of hydrogen-bond acceptors (Lipinski definition) is 2. The van der Waals surface area contributed by atoms with Crippen molar-refractivity contribution in [3.8, 4) is 0 Å². The van der Waals surface area contributed by atoms with Gasteiger partial charge in [-0.25, -0.2) is 0 Å². The van der Waals surface area contributed by atoms with E-state index in [9.17, 15) is 9.59 Å². The Kier molecular flexibility index (Phi) is 5.55. The molecule has 0 spiro atoms. The molecule has 2 aromatic carbocycles. The molecule has 0 saturated carbocycles. The number of hydrogen-bond donors (Lipinski definition) is 2. The number of carbonyl (C=O) groups excluding carboxylic acids is 2. The predicted octanol–water partition coefficient (Wildman–Crippen LogP) is 4.21. The van der Waals surface area contributed by atoms with Crippen molar-refractivity contribution in [1.82, 2.24) is 0 Å². The summed E-state index contributed by atoms with van der Waals surface area (Å²) in [6.07, 6.45) is 0.291. The summed E-state index contributed by atoms with van der Waals surface area (Å²) in [5.41, 5.74) is 4.36. The lowest BCUT2D eigenvalue weighted by atomic mass is 10.0. The molecule has 23 heavy (non-hydrogen) atoms. The van der Waals surface area contributed by atoms with Crippen LogP contribution in [0.1, 0.15) is 23.6 Å². The fraction of sp³-hybridized carbons (Fsp3) is 0.222. The lowest BCUT2D eigenvalue weighted by Gasteiger charge is -2.13. The van der Waals surface area contributed by atoms with Crippen LogP contribution in [-0.4, -0.2) is 11.8 Å². The normalized spacial score (nSPS) is 10.3. The molecule has 0 unspecified atom stereocenters. The zero-order chi connectivity index (χ0) is 17.0. The van der Waals surface area contributed by atoms with Crippen LogP contribution in [0.3, 0.4) is 0 Å². The molecule has 0 heterocycles. The Hall–Kier alpha value is -2.14. The van der Waals surface area contributed by atoms with Crippen LogP contribution < -0.4 is 10.6 Å². The first-order valence-corrected chi connectivity index (χ1v) is 8.07. The van der Waals surface area contributed by atoms with Gasteiger partial charge in [-0.1, -0.05) is 39.7 Å². The van der Waals surface area contributed by atoms with Crippen LogP contribution in [0.25, 0.3) is 0 Å². The summed E-state index contributed by atoms with van der Waals surface area (Å²) in [5, 5.41) is 5.58. The van der Waals surface area contributed by atoms with E-state index < -0.39 is 0 Å². The Morgan fingerprint density at radius 1 is 1.00 bits per heavy atom. The minimum atomic E-state index is -0.183. The number of nitrogens with one attached hydrogen (secondary N) is 2. The number of carbonyl (C=O) groups is 2. The summed E-state index contributed by atoms with van der Waals surface area (Å²) in [6.45, 7) is 5.43. The van der Waals surface area contributed by atoms with Gasteiger partial charge in [-0.2, -0.15) is 0 Å². The van der Waals surface area contributed by atoms with E-state index in [1.807, 2.05) is 38.1 Å². The van der Waals surface area contributed by atoms with E-state index in [2.05, 4.69) is 26.6 Å². The largest absolute Gasteiger partial charge is 0.325 e. The first-order chi connectivity index (χ1) is 10.8. The topological polar surface area (TPSA) is 58.2 Å². The van der Waals surface area contributed by atoms with Crippen molar-refractivity contribution in [2.75, 3.05) is 10.6 Å². The van der Waals surface area contributed by atoms with Gasteiger partial charge in [0.05, 0.1) is 17.8 Å². The average Bonchev–Trinajstić information content (AvgIpc) is 2.45. The minimum Gasteiger partial charge on any atom is -0.325 e. The fourth-order valence-electron chi connectivity index (χ4n) is 2.28. The van der Waals surface area contributed by atoms with Gasteiger partial charge in [-0.3, -0.25) is 9.59 Å². The summed E-state index contributed by atoms with van der Waals surface area (Å²) in [6, 6.07) is 11.4. The van der Waals surface area contributed by atoms with E-state index in [1.165, 1.54) is 6.92 Å². The number of amides is 2. The second kappa shape index (κ2) is 7.42. The van der Waals surface area contributed by atoms with Crippen LogP contribution in [0, 0.1) is 13.8 Å². The highest BCUT2D eigenvalue weighted by Gasteiger charge is 2.11. The zero-order valence-electron chi connectivity index (χ0n) is 13.4. The van der Waals surface area contributed by atoms with E-state index in [-0.39, 0.29) is 11.8 Å². The third-order valence-electron chi connectivity index (χ3n) is 3.42. The summed E-state index contributed by atoms with van der Waals surface area (Å²) in [4.78, 5) is 23.6. The van der Waals surface area contributed by atoms with Crippen LogP contribution in [-0.2, 0) is 16.0 Å². The van der Waals surface area contributed by atoms with E-state index in [0.29, 0.717) is 17.8 Å². The lowest BCUT2D eigenvalue weighted by Crippen LogP contribution is -2.17. The summed E-state index contributed by atoms with van der Waals surface area (Å²) in [5.74, 6) is -0.305. The number of halogens is 1. The zero-order valence-corrected chi connectivity index (χ0v) is 15.0. The molecule has 2 amide bonds. The Labute approximate surface area is 144 Å². The van der Waals surface area contributed by atoms with E-state index >= 15 is 0 Å². The molecule has 2 N–H and O–H groups in total. The van der Waals surface area contributed by atoms with Gasteiger partial charge in [0, 0.05) is 11.4 Å². The standard InChI is InChI=1S/C18H19BrN2O2/c1-11-4-5-12(2)14(8-11)9-18(23)21-17-10-15(19)6-7-16(17)20-13(3)22/h4-8,10H,9H2,1-3H3,(H,20,22)(H,21,23).